The second kappa shape index (κ2) is 5.92. The molecule has 0 radical (unpaired) electrons. The number of rotatable bonds is 3. The SMILES string of the molecule is O=C(Cc1ccc(F)cc1Br)c1cccc(Br)c1F. The highest BCUT2D eigenvalue weighted by Crippen LogP contribution is 2.23. The van der Waals surface area contributed by atoms with Crippen LogP contribution in [0.25, 0.3) is 0 Å². The average Bonchev–Trinajstić information content (AvgIpc) is 2.36. The second-order valence-corrected chi connectivity index (χ2v) is 5.65. The Labute approximate surface area is 125 Å². The summed E-state index contributed by atoms with van der Waals surface area (Å²) in [6.45, 7) is 0. The number of halogens is 4. The topological polar surface area (TPSA) is 17.1 Å². The van der Waals surface area contributed by atoms with Gasteiger partial charge in [-0.25, -0.2) is 8.78 Å². The number of hydrogen-bond donors (Lipinski definition) is 0. The third-order valence-electron chi connectivity index (χ3n) is 2.62. The van der Waals surface area contributed by atoms with Crippen LogP contribution < -0.4 is 0 Å². The van der Waals surface area contributed by atoms with E-state index in [2.05, 4.69) is 31.9 Å². The molecule has 0 bridgehead atoms. The van der Waals surface area contributed by atoms with E-state index in [9.17, 15) is 13.6 Å². The van der Waals surface area contributed by atoms with E-state index in [0.717, 1.165) is 0 Å². The molecule has 19 heavy (non-hydrogen) atoms. The molecular formula is C14H8Br2F2O. The fraction of sp³-hybridized carbons (Fsp3) is 0.0714. The fourth-order valence-electron chi connectivity index (χ4n) is 1.65. The molecule has 0 N–H and O–H groups in total. The molecule has 1 nitrogen and oxygen atoms in total. The highest BCUT2D eigenvalue weighted by atomic mass is 79.9. The van der Waals surface area contributed by atoms with Gasteiger partial charge in [0.25, 0.3) is 0 Å². The Bertz CT molecular complexity index is 641. The largest absolute Gasteiger partial charge is 0.294 e. The number of ketones is 1. The van der Waals surface area contributed by atoms with Crippen molar-refractivity contribution in [2.45, 2.75) is 6.42 Å². The normalized spacial score (nSPS) is 10.5. The second-order valence-electron chi connectivity index (χ2n) is 3.94. The number of Topliss-reactive ketones (excluding diaryl/α,β-unsaturated/α-hetero) is 1. The molecule has 0 aliphatic rings. The maximum atomic E-state index is 13.8. The predicted molar refractivity (Wildman–Crippen MR) is 76.2 cm³/mol. The van der Waals surface area contributed by atoms with Gasteiger partial charge in [0, 0.05) is 10.9 Å². The zero-order chi connectivity index (χ0) is 14.0. The lowest BCUT2D eigenvalue weighted by Crippen LogP contribution is -2.07. The molecule has 0 amide bonds. The number of carbonyl (C=O) groups is 1. The Kier molecular flexibility index (Phi) is 4.47. The Hall–Kier alpha value is -1.07. The summed E-state index contributed by atoms with van der Waals surface area (Å²) in [5.74, 6) is -1.33. The van der Waals surface area contributed by atoms with Crippen LogP contribution in [0.1, 0.15) is 15.9 Å². The minimum Gasteiger partial charge on any atom is -0.294 e. The lowest BCUT2D eigenvalue weighted by Gasteiger charge is -2.06. The molecule has 0 fully saturated rings. The molecule has 2 aromatic carbocycles. The third-order valence-corrected chi connectivity index (χ3v) is 3.97. The molecule has 0 unspecified atom stereocenters. The lowest BCUT2D eigenvalue weighted by atomic mass is 10.0. The van der Waals surface area contributed by atoms with Crippen molar-refractivity contribution in [1.29, 1.82) is 0 Å². The van der Waals surface area contributed by atoms with Gasteiger partial charge >= 0.3 is 0 Å². The zero-order valence-electron chi connectivity index (χ0n) is 9.59. The molecule has 0 spiro atoms. The third kappa shape index (κ3) is 3.28. The zero-order valence-corrected chi connectivity index (χ0v) is 12.8. The van der Waals surface area contributed by atoms with Crippen LogP contribution in [0.5, 0.6) is 0 Å². The molecule has 5 heteroatoms. The smallest absolute Gasteiger partial charge is 0.170 e. The van der Waals surface area contributed by atoms with Gasteiger partial charge in [0.1, 0.15) is 11.6 Å². The van der Waals surface area contributed by atoms with Crippen LogP contribution in [0, 0.1) is 11.6 Å². The molecule has 0 saturated heterocycles. The van der Waals surface area contributed by atoms with Crippen molar-refractivity contribution in [3.63, 3.8) is 0 Å². The maximum Gasteiger partial charge on any atom is 0.170 e. The van der Waals surface area contributed by atoms with Gasteiger partial charge in [-0.15, -0.1) is 0 Å². The molecule has 2 aromatic rings. The van der Waals surface area contributed by atoms with Crippen molar-refractivity contribution in [2.75, 3.05) is 0 Å². The molecular weight excluding hydrogens is 382 g/mol. The summed E-state index contributed by atoms with van der Waals surface area (Å²) < 4.78 is 27.5. The van der Waals surface area contributed by atoms with Crippen molar-refractivity contribution in [2.24, 2.45) is 0 Å². The van der Waals surface area contributed by atoms with E-state index in [1.807, 2.05) is 0 Å². The molecule has 0 atom stereocenters. The minimum absolute atomic E-state index is 0.00817. The van der Waals surface area contributed by atoms with Crippen molar-refractivity contribution in [1.82, 2.24) is 0 Å². The molecule has 0 saturated carbocycles. The molecule has 2 rings (SSSR count). The summed E-state index contributed by atoms with van der Waals surface area (Å²) in [4.78, 5) is 12.0. The van der Waals surface area contributed by atoms with Crippen LogP contribution in [0.4, 0.5) is 8.78 Å². The van der Waals surface area contributed by atoms with Gasteiger partial charge in [-0.05, 0) is 45.8 Å². The summed E-state index contributed by atoms with van der Waals surface area (Å²) >= 11 is 6.22. The molecule has 0 heterocycles. The average molecular weight is 390 g/mol. The minimum atomic E-state index is -0.578. The van der Waals surface area contributed by atoms with E-state index >= 15 is 0 Å². The van der Waals surface area contributed by atoms with E-state index < -0.39 is 11.6 Å². The Balaban J connectivity index is 2.28. The summed E-state index contributed by atoms with van der Waals surface area (Å²) in [5.41, 5.74) is 0.636. The summed E-state index contributed by atoms with van der Waals surface area (Å²) in [5, 5.41) is 0. The Morgan fingerprint density at radius 1 is 1.05 bits per heavy atom. The van der Waals surface area contributed by atoms with Crippen molar-refractivity contribution < 1.29 is 13.6 Å². The van der Waals surface area contributed by atoms with Gasteiger partial charge in [0.15, 0.2) is 5.78 Å². The van der Waals surface area contributed by atoms with Gasteiger partial charge in [0.2, 0.25) is 0 Å². The number of hydrogen-bond acceptors (Lipinski definition) is 1. The van der Waals surface area contributed by atoms with Crippen LogP contribution in [0.3, 0.4) is 0 Å². The van der Waals surface area contributed by atoms with Gasteiger partial charge in [0.05, 0.1) is 10.0 Å². The van der Waals surface area contributed by atoms with Gasteiger partial charge < -0.3 is 0 Å². The maximum absolute atomic E-state index is 13.8. The highest BCUT2D eigenvalue weighted by molar-refractivity contribution is 9.10. The molecule has 98 valence electrons. The van der Waals surface area contributed by atoms with Crippen molar-refractivity contribution in [3.05, 3.63) is 68.1 Å². The monoisotopic (exact) mass is 388 g/mol. The fourth-order valence-corrected chi connectivity index (χ4v) is 2.51. The first kappa shape index (κ1) is 14.3. The summed E-state index contributed by atoms with van der Waals surface area (Å²) in [6.07, 6.45) is 0.00817. The molecule has 0 aliphatic carbocycles. The first-order valence-electron chi connectivity index (χ1n) is 5.40. The first-order chi connectivity index (χ1) is 8.99. The summed E-state index contributed by atoms with van der Waals surface area (Å²) in [7, 11) is 0. The van der Waals surface area contributed by atoms with Crippen LogP contribution in [0.2, 0.25) is 0 Å². The number of carbonyl (C=O) groups excluding carboxylic acids is 1. The quantitative estimate of drug-likeness (QED) is 0.681. The van der Waals surface area contributed by atoms with Crippen LogP contribution in [-0.2, 0) is 6.42 Å². The van der Waals surface area contributed by atoms with Crippen LogP contribution in [-0.4, -0.2) is 5.78 Å². The van der Waals surface area contributed by atoms with Crippen LogP contribution in [0.15, 0.2) is 45.3 Å². The van der Waals surface area contributed by atoms with E-state index in [4.69, 9.17) is 0 Å². The first-order valence-corrected chi connectivity index (χ1v) is 6.99. The standard InChI is InChI=1S/C14H8Br2F2O/c15-11-3-1-2-10(14(11)18)13(19)6-8-4-5-9(17)7-12(8)16/h1-5,7H,6H2. The van der Waals surface area contributed by atoms with Crippen LogP contribution >= 0.6 is 31.9 Å². The van der Waals surface area contributed by atoms with Gasteiger partial charge in [-0.1, -0.05) is 28.1 Å². The van der Waals surface area contributed by atoms with E-state index in [1.165, 1.54) is 30.3 Å². The van der Waals surface area contributed by atoms with Crippen molar-refractivity contribution >= 4 is 37.6 Å². The predicted octanol–water partition coefficient (Wildman–Crippen LogP) is 4.92. The highest BCUT2D eigenvalue weighted by Gasteiger charge is 2.15. The Morgan fingerprint density at radius 3 is 2.47 bits per heavy atom. The van der Waals surface area contributed by atoms with E-state index in [1.54, 1.807) is 6.07 Å². The number of benzene rings is 2. The van der Waals surface area contributed by atoms with E-state index in [-0.39, 0.29) is 22.2 Å². The Morgan fingerprint density at radius 2 is 1.79 bits per heavy atom. The molecule has 0 aliphatic heterocycles. The lowest BCUT2D eigenvalue weighted by molar-refractivity contribution is 0.0988. The van der Waals surface area contributed by atoms with Crippen molar-refractivity contribution in [3.8, 4) is 0 Å². The van der Waals surface area contributed by atoms with Gasteiger partial charge in [-0.2, -0.15) is 0 Å². The van der Waals surface area contributed by atoms with E-state index in [0.29, 0.717) is 10.0 Å². The van der Waals surface area contributed by atoms with Gasteiger partial charge in [-0.3, -0.25) is 4.79 Å². The molecule has 0 aromatic heterocycles. The summed E-state index contributed by atoms with van der Waals surface area (Å²) in [6, 6.07) is 8.61.